The normalized spacial score (nSPS) is 19.0. The van der Waals surface area contributed by atoms with Crippen molar-refractivity contribution in [2.45, 2.75) is 38.9 Å². The van der Waals surface area contributed by atoms with Crippen LogP contribution in [0.1, 0.15) is 32.3 Å². The summed E-state index contributed by atoms with van der Waals surface area (Å²) in [6.45, 7) is 1.38. The molecule has 0 bridgehead atoms. The Balaban J connectivity index is 0.00000192. The molecule has 0 unspecified atom stereocenters. The molecule has 3 rings (SSSR count). The van der Waals surface area contributed by atoms with E-state index in [1.54, 1.807) is 4.90 Å². The van der Waals surface area contributed by atoms with Crippen molar-refractivity contribution in [1.82, 2.24) is 4.90 Å². The molecule has 1 saturated heterocycles. The van der Waals surface area contributed by atoms with Gasteiger partial charge in [-0.1, -0.05) is 37.8 Å². The van der Waals surface area contributed by atoms with Gasteiger partial charge in [0.15, 0.2) is 5.78 Å². The minimum Gasteiger partial charge on any atom is -0.494 e. The molecule has 0 saturated carbocycles. The molecule has 1 spiro atoms. The van der Waals surface area contributed by atoms with Crippen molar-refractivity contribution >= 4 is 11.9 Å². The molecule has 0 aliphatic carbocycles. The maximum atomic E-state index is 12.1. The number of likely N-dealkylation sites (tertiary alicyclic amines) is 1. The summed E-state index contributed by atoms with van der Waals surface area (Å²) in [5, 5.41) is 0. The average Bonchev–Trinajstić information content (AvgIpc) is 2.54. The van der Waals surface area contributed by atoms with E-state index in [1.807, 2.05) is 30.3 Å². The predicted octanol–water partition coefficient (Wildman–Crippen LogP) is 3.30. The van der Waals surface area contributed by atoms with Gasteiger partial charge in [0.2, 0.25) is 0 Å². The molecule has 1 aromatic rings. The van der Waals surface area contributed by atoms with Gasteiger partial charge in [-0.25, -0.2) is 4.79 Å². The first-order chi connectivity index (χ1) is 10.7. The highest BCUT2D eigenvalue weighted by Crippen LogP contribution is 2.33. The second-order valence-electron chi connectivity index (χ2n) is 5.77. The molecular weight excluding hydrogens is 294 g/mol. The zero-order valence-electron chi connectivity index (χ0n) is 12.4. The fraction of sp³-hybridized carbons (Fsp3) is 0.444. The van der Waals surface area contributed by atoms with Crippen LogP contribution in [0, 0.1) is 0 Å². The number of ketones is 1. The molecule has 1 fully saturated rings. The van der Waals surface area contributed by atoms with Gasteiger partial charge in [0.05, 0.1) is 12.7 Å². The van der Waals surface area contributed by atoms with Crippen molar-refractivity contribution in [3.05, 3.63) is 48.2 Å². The highest BCUT2D eigenvalue weighted by Gasteiger charge is 2.40. The van der Waals surface area contributed by atoms with E-state index in [0.29, 0.717) is 32.4 Å². The van der Waals surface area contributed by atoms with Gasteiger partial charge in [0.1, 0.15) is 12.2 Å². The number of nitrogens with zero attached hydrogens (tertiary/aromatic N) is 1. The molecule has 2 aliphatic rings. The third-order valence-electron chi connectivity index (χ3n) is 4.21. The Morgan fingerprint density at radius 1 is 1.22 bits per heavy atom. The lowest BCUT2D eigenvalue weighted by molar-refractivity contribution is -0.125. The molecular formula is C18H23NO4. The lowest BCUT2D eigenvalue weighted by Gasteiger charge is -2.41. The minimum atomic E-state index is -0.429. The maximum absolute atomic E-state index is 12.1. The Morgan fingerprint density at radius 2 is 1.91 bits per heavy atom. The number of carbonyl (C=O) groups excluding carboxylic acids is 2. The van der Waals surface area contributed by atoms with Crippen LogP contribution in [0.2, 0.25) is 0 Å². The highest BCUT2D eigenvalue weighted by molar-refractivity contribution is 5.90. The molecule has 1 amide bonds. The SMILES string of the molecule is C.O=C1C=COC2(CCN(C(=O)OCc3ccccc3)CC2)C1. The van der Waals surface area contributed by atoms with Crippen LogP contribution in [-0.2, 0) is 20.9 Å². The van der Waals surface area contributed by atoms with Crippen LogP contribution < -0.4 is 0 Å². The number of piperidine rings is 1. The first-order valence-electron chi connectivity index (χ1n) is 7.50. The van der Waals surface area contributed by atoms with Crippen LogP contribution in [0.25, 0.3) is 0 Å². The third kappa shape index (κ3) is 4.12. The summed E-state index contributed by atoms with van der Waals surface area (Å²) in [7, 11) is 0. The first kappa shape index (κ1) is 17.1. The van der Waals surface area contributed by atoms with Gasteiger partial charge >= 0.3 is 6.09 Å². The average molecular weight is 317 g/mol. The number of carbonyl (C=O) groups is 2. The van der Waals surface area contributed by atoms with E-state index in [1.165, 1.54) is 12.3 Å². The Hall–Kier alpha value is -2.30. The number of hydrogen-bond acceptors (Lipinski definition) is 4. The van der Waals surface area contributed by atoms with Crippen LogP contribution in [0.4, 0.5) is 4.79 Å². The Bertz CT molecular complexity index is 574. The highest BCUT2D eigenvalue weighted by atomic mass is 16.6. The number of hydrogen-bond donors (Lipinski definition) is 0. The number of amides is 1. The van der Waals surface area contributed by atoms with E-state index >= 15 is 0 Å². The van der Waals surface area contributed by atoms with E-state index < -0.39 is 5.60 Å². The predicted molar refractivity (Wildman–Crippen MR) is 86.7 cm³/mol. The number of rotatable bonds is 2. The van der Waals surface area contributed by atoms with Crippen LogP contribution in [0.15, 0.2) is 42.7 Å². The smallest absolute Gasteiger partial charge is 0.410 e. The van der Waals surface area contributed by atoms with Crippen LogP contribution in [0.3, 0.4) is 0 Å². The minimum absolute atomic E-state index is 0. The van der Waals surface area contributed by atoms with Crippen molar-refractivity contribution in [2.24, 2.45) is 0 Å². The van der Waals surface area contributed by atoms with Crippen molar-refractivity contribution in [2.75, 3.05) is 13.1 Å². The summed E-state index contributed by atoms with van der Waals surface area (Å²) in [4.78, 5) is 25.3. The van der Waals surface area contributed by atoms with E-state index in [0.717, 1.165) is 5.56 Å². The molecule has 5 heteroatoms. The van der Waals surface area contributed by atoms with Gasteiger partial charge < -0.3 is 14.4 Å². The Morgan fingerprint density at radius 3 is 2.57 bits per heavy atom. The quantitative estimate of drug-likeness (QED) is 0.840. The van der Waals surface area contributed by atoms with Gasteiger partial charge in [-0.2, -0.15) is 0 Å². The summed E-state index contributed by atoms with van der Waals surface area (Å²) in [6.07, 6.45) is 4.35. The molecule has 0 atom stereocenters. The topological polar surface area (TPSA) is 55.8 Å². The lowest BCUT2D eigenvalue weighted by atomic mass is 9.85. The van der Waals surface area contributed by atoms with E-state index in [2.05, 4.69) is 0 Å². The van der Waals surface area contributed by atoms with Gasteiger partial charge in [-0.05, 0) is 5.56 Å². The lowest BCUT2D eigenvalue weighted by Crippen LogP contribution is -2.49. The summed E-state index contributed by atoms with van der Waals surface area (Å²) in [6, 6.07) is 9.60. The fourth-order valence-electron chi connectivity index (χ4n) is 2.87. The molecule has 0 N–H and O–H groups in total. The summed E-state index contributed by atoms with van der Waals surface area (Å²) in [5.41, 5.74) is 0.540. The second kappa shape index (κ2) is 7.31. The number of allylic oxidation sites excluding steroid dienone is 1. The molecule has 2 heterocycles. The number of benzene rings is 1. The van der Waals surface area contributed by atoms with Crippen molar-refractivity contribution < 1.29 is 19.1 Å². The monoisotopic (exact) mass is 317 g/mol. The van der Waals surface area contributed by atoms with Crippen LogP contribution in [-0.4, -0.2) is 35.5 Å². The summed E-state index contributed by atoms with van der Waals surface area (Å²) in [5.74, 6) is 0.0892. The second-order valence-corrected chi connectivity index (χ2v) is 5.77. The molecule has 5 nitrogen and oxygen atoms in total. The van der Waals surface area contributed by atoms with E-state index in [-0.39, 0.29) is 25.9 Å². The van der Waals surface area contributed by atoms with Gasteiger partial charge in [-0.3, -0.25) is 4.79 Å². The van der Waals surface area contributed by atoms with E-state index in [9.17, 15) is 9.59 Å². The van der Waals surface area contributed by atoms with E-state index in [4.69, 9.17) is 9.47 Å². The van der Waals surface area contributed by atoms with Gasteiger partial charge in [0, 0.05) is 32.0 Å². The van der Waals surface area contributed by atoms with Crippen molar-refractivity contribution in [3.63, 3.8) is 0 Å². The zero-order chi connectivity index (χ0) is 15.4. The van der Waals surface area contributed by atoms with Crippen molar-refractivity contribution in [1.29, 1.82) is 0 Å². The molecule has 0 aromatic heterocycles. The number of ether oxygens (including phenoxy) is 2. The maximum Gasteiger partial charge on any atom is 0.410 e. The molecule has 1 aromatic carbocycles. The largest absolute Gasteiger partial charge is 0.494 e. The molecule has 0 radical (unpaired) electrons. The van der Waals surface area contributed by atoms with Crippen LogP contribution in [0.5, 0.6) is 0 Å². The Kier molecular flexibility index (Phi) is 5.42. The zero-order valence-corrected chi connectivity index (χ0v) is 12.4. The Labute approximate surface area is 136 Å². The summed E-state index contributed by atoms with van der Waals surface area (Å²) >= 11 is 0. The first-order valence-corrected chi connectivity index (χ1v) is 7.50. The summed E-state index contributed by atoms with van der Waals surface area (Å²) < 4.78 is 11.0. The van der Waals surface area contributed by atoms with Gasteiger partial charge in [0.25, 0.3) is 0 Å². The standard InChI is InChI=1S/C17H19NO4.CH4/c19-15-6-11-22-17(12-15)7-9-18(10-8-17)16(20)21-13-14-4-2-1-3-5-14;/h1-6,11H,7-10,12-13H2;1H4. The van der Waals surface area contributed by atoms with Gasteiger partial charge in [-0.15, -0.1) is 0 Å². The third-order valence-corrected chi connectivity index (χ3v) is 4.21. The molecule has 124 valence electrons. The van der Waals surface area contributed by atoms with Crippen LogP contribution >= 0.6 is 0 Å². The molecule has 2 aliphatic heterocycles. The molecule has 23 heavy (non-hydrogen) atoms. The van der Waals surface area contributed by atoms with Crippen molar-refractivity contribution in [3.8, 4) is 0 Å². The fourth-order valence-corrected chi connectivity index (χ4v) is 2.87.